The molecule has 0 radical (unpaired) electrons. The van der Waals surface area contributed by atoms with Crippen LogP contribution in [0, 0.1) is 0 Å². The van der Waals surface area contributed by atoms with Gasteiger partial charge in [0.05, 0.1) is 0 Å². The minimum absolute atomic E-state index is 0.520. The van der Waals surface area contributed by atoms with Gasteiger partial charge in [-0.2, -0.15) is 0 Å². The molecule has 1 unspecified atom stereocenters. The molecule has 0 aliphatic carbocycles. The van der Waals surface area contributed by atoms with E-state index in [9.17, 15) is 0 Å². The Morgan fingerprint density at radius 3 is 2.71 bits per heavy atom. The van der Waals surface area contributed by atoms with Crippen molar-refractivity contribution in [2.75, 3.05) is 13.1 Å². The fourth-order valence-corrected chi connectivity index (χ4v) is 2.13. The molecule has 82 valence electrons. The van der Waals surface area contributed by atoms with E-state index in [1.807, 2.05) is 6.08 Å². The van der Waals surface area contributed by atoms with Crippen molar-refractivity contribution in [3.8, 4) is 0 Å². The van der Waals surface area contributed by atoms with Gasteiger partial charge in [-0.3, -0.25) is 4.90 Å². The molecule has 0 aromatic heterocycles. The predicted molar refractivity (Wildman–Crippen MR) is 62.5 cm³/mol. The lowest BCUT2D eigenvalue weighted by atomic mass is 10.0. The number of nitrogens with zero attached hydrogens (tertiary/aromatic N) is 1. The Labute approximate surface area is 88.4 Å². The number of rotatable bonds is 4. The molecule has 0 aromatic rings. The molecule has 0 amide bonds. The quantitative estimate of drug-likeness (QED) is 0.692. The van der Waals surface area contributed by atoms with Crippen LogP contribution in [-0.2, 0) is 0 Å². The van der Waals surface area contributed by atoms with Crippen LogP contribution in [0.1, 0.15) is 33.6 Å². The van der Waals surface area contributed by atoms with Gasteiger partial charge in [-0.05, 0) is 26.3 Å². The van der Waals surface area contributed by atoms with E-state index in [1.165, 1.54) is 25.9 Å². The highest BCUT2D eigenvalue weighted by Crippen LogP contribution is 2.13. The summed E-state index contributed by atoms with van der Waals surface area (Å²) >= 11 is 0. The molecular weight excluding hydrogens is 172 g/mol. The molecule has 1 heterocycles. The van der Waals surface area contributed by atoms with Gasteiger partial charge in [-0.15, -0.1) is 6.58 Å². The minimum atomic E-state index is 0.520. The molecule has 2 atom stereocenters. The number of hydrogen-bond donors (Lipinski definition) is 1. The fourth-order valence-electron chi connectivity index (χ4n) is 2.13. The van der Waals surface area contributed by atoms with Crippen molar-refractivity contribution in [3.63, 3.8) is 0 Å². The highest BCUT2D eigenvalue weighted by Gasteiger charge is 2.22. The molecule has 1 saturated heterocycles. The van der Waals surface area contributed by atoms with E-state index in [0.29, 0.717) is 18.1 Å². The van der Waals surface area contributed by atoms with Gasteiger partial charge < -0.3 is 5.32 Å². The Kier molecular flexibility index (Phi) is 4.63. The van der Waals surface area contributed by atoms with Crippen molar-refractivity contribution in [1.82, 2.24) is 10.2 Å². The number of hydrogen-bond acceptors (Lipinski definition) is 2. The first kappa shape index (κ1) is 11.7. The highest BCUT2D eigenvalue weighted by atomic mass is 15.2. The molecule has 1 aliphatic rings. The lowest BCUT2D eigenvalue weighted by molar-refractivity contribution is 0.163. The van der Waals surface area contributed by atoms with Crippen LogP contribution in [0.3, 0.4) is 0 Å². The average Bonchev–Trinajstić information content (AvgIpc) is 2.16. The van der Waals surface area contributed by atoms with Crippen LogP contribution in [0.15, 0.2) is 12.7 Å². The molecule has 1 N–H and O–H groups in total. The second-order valence-electron chi connectivity index (χ2n) is 4.63. The van der Waals surface area contributed by atoms with E-state index in [1.54, 1.807) is 0 Å². The van der Waals surface area contributed by atoms with Crippen LogP contribution in [0.2, 0.25) is 0 Å². The van der Waals surface area contributed by atoms with E-state index >= 15 is 0 Å². The lowest BCUT2D eigenvalue weighted by Crippen LogP contribution is -2.49. The van der Waals surface area contributed by atoms with Crippen molar-refractivity contribution in [3.05, 3.63) is 12.7 Å². The molecule has 2 nitrogen and oxygen atoms in total. The lowest BCUT2D eigenvalue weighted by Gasteiger charge is -2.36. The number of likely N-dealkylation sites (tertiary alicyclic amines) is 1. The Hall–Kier alpha value is -0.340. The minimum Gasteiger partial charge on any atom is -0.311 e. The smallest absolute Gasteiger partial charge is 0.0247 e. The van der Waals surface area contributed by atoms with E-state index < -0.39 is 0 Å². The predicted octanol–water partition coefficient (Wildman–Crippen LogP) is 2.02. The van der Waals surface area contributed by atoms with Crippen LogP contribution in [0.25, 0.3) is 0 Å². The molecule has 0 saturated carbocycles. The van der Waals surface area contributed by atoms with Gasteiger partial charge in [0, 0.05) is 24.7 Å². The molecule has 1 fully saturated rings. The molecule has 14 heavy (non-hydrogen) atoms. The maximum Gasteiger partial charge on any atom is 0.0247 e. The van der Waals surface area contributed by atoms with E-state index in [2.05, 4.69) is 37.6 Å². The van der Waals surface area contributed by atoms with E-state index in [4.69, 9.17) is 0 Å². The van der Waals surface area contributed by atoms with Gasteiger partial charge in [-0.1, -0.05) is 19.9 Å². The first-order valence-electron chi connectivity index (χ1n) is 5.76. The molecule has 0 spiro atoms. The molecule has 0 aromatic carbocycles. The summed E-state index contributed by atoms with van der Waals surface area (Å²) in [5, 5.41) is 3.61. The molecule has 1 rings (SSSR count). The van der Waals surface area contributed by atoms with Crippen LogP contribution in [-0.4, -0.2) is 36.1 Å². The normalized spacial score (nSPS) is 26.4. The Morgan fingerprint density at radius 1 is 1.43 bits per heavy atom. The van der Waals surface area contributed by atoms with Gasteiger partial charge >= 0.3 is 0 Å². The summed E-state index contributed by atoms with van der Waals surface area (Å²) in [6.45, 7) is 12.9. The summed E-state index contributed by atoms with van der Waals surface area (Å²) in [5.74, 6) is 0. The fraction of sp³-hybridized carbons (Fsp3) is 0.833. The van der Waals surface area contributed by atoms with Crippen molar-refractivity contribution in [2.45, 2.75) is 51.7 Å². The Morgan fingerprint density at radius 2 is 2.14 bits per heavy atom. The zero-order valence-corrected chi connectivity index (χ0v) is 9.79. The first-order chi connectivity index (χ1) is 6.63. The summed E-state index contributed by atoms with van der Waals surface area (Å²) in [4.78, 5) is 2.51. The van der Waals surface area contributed by atoms with E-state index in [0.717, 1.165) is 0 Å². The second kappa shape index (κ2) is 5.52. The highest BCUT2D eigenvalue weighted by molar-refractivity contribution is 4.89. The third-order valence-corrected chi connectivity index (χ3v) is 2.94. The summed E-state index contributed by atoms with van der Waals surface area (Å²) in [7, 11) is 0. The molecule has 1 aliphatic heterocycles. The van der Waals surface area contributed by atoms with Crippen LogP contribution < -0.4 is 5.32 Å². The van der Waals surface area contributed by atoms with Crippen LogP contribution in [0.4, 0.5) is 0 Å². The number of piperidine rings is 1. The van der Waals surface area contributed by atoms with Crippen molar-refractivity contribution in [1.29, 1.82) is 0 Å². The first-order valence-corrected chi connectivity index (χ1v) is 5.76. The van der Waals surface area contributed by atoms with Crippen molar-refractivity contribution < 1.29 is 0 Å². The van der Waals surface area contributed by atoms with Crippen molar-refractivity contribution in [2.24, 2.45) is 0 Å². The van der Waals surface area contributed by atoms with Gasteiger partial charge in [0.2, 0.25) is 0 Å². The maximum atomic E-state index is 3.86. The van der Waals surface area contributed by atoms with Gasteiger partial charge in [0.25, 0.3) is 0 Å². The van der Waals surface area contributed by atoms with Gasteiger partial charge in [0.15, 0.2) is 0 Å². The molecule has 0 bridgehead atoms. The second-order valence-corrected chi connectivity index (χ2v) is 4.63. The zero-order valence-electron chi connectivity index (χ0n) is 9.79. The summed E-state index contributed by atoms with van der Waals surface area (Å²) in [6.07, 6.45) is 4.67. The van der Waals surface area contributed by atoms with Crippen molar-refractivity contribution >= 4 is 0 Å². The Bertz CT molecular complexity index is 177. The van der Waals surface area contributed by atoms with E-state index in [-0.39, 0.29) is 0 Å². The maximum absolute atomic E-state index is 3.86. The average molecular weight is 196 g/mol. The topological polar surface area (TPSA) is 15.3 Å². The standard InChI is InChI=1S/C12H24N2/c1-5-11(4)14-8-6-7-12(9-14)13-10(2)3/h5,10-13H,1,6-9H2,2-4H3/t11?,12-/m1/s1. The molecule has 2 heteroatoms. The third kappa shape index (κ3) is 3.43. The summed E-state index contributed by atoms with van der Waals surface area (Å²) in [5.41, 5.74) is 0. The van der Waals surface area contributed by atoms with Crippen LogP contribution in [0.5, 0.6) is 0 Å². The zero-order chi connectivity index (χ0) is 10.6. The number of nitrogens with one attached hydrogen (secondary N) is 1. The van der Waals surface area contributed by atoms with Gasteiger partial charge in [-0.25, -0.2) is 0 Å². The molecular formula is C12H24N2. The summed E-state index contributed by atoms with van der Waals surface area (Å²) < 4.78 is 0. The van der Waals surface area contributed by atoms with Crippen LogP contribution >= 0.6 is 0 Å². The third-order valence-electron chi connectivity index (χ3n) is 2.94. The SMILES string of the molecule is C=CC(C)N1CCC[C@@H](NC(C)C)C1. The Balaban J connectivity index is 2.39. The van der Waals surface area contributed by atoms with Gasteiger partial charge in [0.1, 0.15) is 0 Å². The monoisotopic (exact) mass is 196 g/mol. The summed E-state index contributed by atoms with van der Waals surface area (Å²) in [6, 6.07) is 1.79. The largest absolute Gasteiger partial charge is 0.311 e.